The number of rotatable bonds is 5. The Morgan fingerprint density at radius 1 is 1.19 bits per heavy atom. The fourth-order valence-corrected chi connectivity index (χ4v) is 5.18. The summed E-state index contributed by atoms with van der Waals surface area (Å²) in [7, 11) is 0. The summed E-state index contributed by atoms with van der Waals surface area (Å²) in [4.78, 5) is 35.9. The SMILES string of the molecule is C=C(C)C(=O)OCC1CCC(C(=O)OC2C3CC4C(=O)OC2C4C3)CC1. The van der Waals surface area contributed by atoms with Crippen LogP contribution in [0.1, 0.15) is 45.4 Å². The largest absolute Gasteiger partial charge is 0.462 e. The van der Waals surface area contributed by atoms with Crippen molar-refractivity contribution in [3.63, 3.8) is 0 Å². The van der Waals surface area contributed by atoms with E-state index < -0.39 is 0 Å². The zero-order valence-corrected chi connectivity index (χ0v) is 15.1. The Labute approximate surface area is 153 Å². The van der Waals surface area contributed by atoms with Gasteiger partial charge in [0, 0.05) is 17.4 Å². The minimum absolute atomic E-state index is 0.0392. The quantitative estimate of drug-likeness (QED) is 0.424. The van der Waals surface area contributed by atoms with Crippen LogP contribution in [0.25, 0.3) is 0 Å². The Hall–Kier alpha value is -1.85. The van der Waals surface area contributed by atoms with Crippen LogP contribution >= 0.6 is 0 Å². The van der Waals surface area contributed by atoms with Crippen molar-refractivity contribution >= 4 is 17.9 Å². The molecule has 1 aliphatic heterocycles. The van der Waals surface area contributed by atoms with Gasteiger partial charge in [0.15, 0.2) is 0 Å². The van der Waals surface area contributed by atoms with Crippen LogP contribution in [-0.2, 0) is 28.6 Å². The molecule has 0 N–H and O–H groups in total. The van der Waals surface area contributed by atoms with Crippen LogP contribution in [0.5, 0.6) is 0 Å². The minimum Gasteiger partial charge on any atom is -0.462 e. The monoisotopic (exact) mass is 362 g/mol. The molecule has 3 saturated carbocycles. The summed E-state index contributed by atoms with van der Waals surface area (Å²) in [5.74, 6) is 0.152. The number of hydrogen-bond donors (Lipinski definition) is 0. The maximum Gasteiger partial charge on any atom is 0.333 e. The third-order valence-electron chi connectivity index (χ3n) is 6.64. The summed E-state index contributed by atoms with van der Waals surface area (Å²) in [6.07, 6.45) is 4.49. The molecule has 1 saturated heterocycles. The number of carbonyl (C=O) groups excluding carboxylic acids is 3. The van der Waals surface area contributed by atoms with Crippen LogP contribution in [0, 0.1) is 29.6 Å². The lowest BCUT2D eigenvalue weighted by Gasteiger charge is -2.30. The molecule has 1 heterocycles. The van der Waals surface area contributed by atoms with Gasteiger partial charge in [-0.15, -0.1) is 0 Å². The normalized spacial score (nSPS) is 40.2. The van der Waals surface area contributed by atoms with Gasteiger partial charge in [-0.3, -0.25) is 9.59 Å². The van der Waals surface area contributed by atoms with Gasteiger partial charge in [0.05, 0.1) is 18.4 Å². The molecule has 6 nitrogen and oxygen atoms in total. The lowest BCUT2D eigenvalue weighted by molar-refractivity contribution is -0.167. The molecule has 142 valence electrons. The van der Waals surface area contributed by atoms with Crippen LogP contribution in [0.4, 0.5) is 0 Å². The highest BCUT2D eigenvalue weighted by Gasteiger charge is 2.63. The van der Waals surface area contributed by atoms with Gasteiger partial charge in [-0.2, -0.15) is 0 Å². The fraction of sp³-hybridized carbons (Fsp3) is 0.750. The van der Waals surface area contributed by atoms with Crippen LogP contribution in [0.15, 0.2) is 12.2 Å². The van der Waals surface area contributed by atoms with Gasteiger partial charge in [0.25, 0.3) is 0 Å². The molecular formula is C20H26O6. The summed E-state index contributed by atoms with van der Waals surface area (Å²) in [6.45, 7) is 5.59. The van der Waals surface area contributed by atoms with E-state index in [-0.39, 0.29) is 53.8 Å². The summed E-state index contributed by atoms with van der Waals surface area (Å²) in [6, 6.07) is 0. The zero-order valence-electron chi connectivity index (χ0n) is 15.1. The minimum atomic E-state index is -0.354. The highest BCUT2D eigenvalue weighted by atomic mass is 16.6. The van der Waals surface area contributed by atoms with Crippen molar-refractivity contribution in [1.29, 1.82) is 0 Å². The topological polar surface area (TPSA) is 78.9 Å². The van der Waals surface area contributed by atoms with Crippen molar-refractivity contribution in [2.24, 2.45) is 29.6 Å². The molecular weight excluding hydrogens is 336 g/mol. The van der Waals surface area contributed by atoms with E-state index in [9.17, 15) is 14.4 Å². The molecule has 4 fully saturated rings. The zero-order chi connectivity index (χ0) is 18.4. The van der Waals surface area contributed by atoms with Gasteiger partial charge in [0.1, 0.15) is 12.2 Å². The molecule has 0 amide bonds. The van der Waals surface area contributed by atoms with E-state index in [1.165, 1.54) is 0 Å². The average molecular weight is 362 g/mol. The summed E-state index contributed by atoms with van der Waals surface area (Å²) < 4.78 is 16.5. The number of hydrogen-bond acceptors (Lipinski definition) is 6. The molecule has 2 bridgehead atoms. The van der Waals surface area contributed by atoms with Crippen molar-refractivity contribution < 1.29 is 28.6 Å². The lowest BCUT2D eigenvalue weighted by Crippen LogP contribution is -2.38. The summed E-state index contributed by atoms with van der Waals surface area (Å²) in [5, 5.41) is 0. The van der Waals surface area contributed by atoms with Crippen molar-refractivity contribution in [1.82, 2.24) is 0 Å². The second kappa shape index (κ2) is 6.71. The molecule has 26 heavy (non-hydrogen) atoms. The van der Waals surface area contributed by atoms with Crippen LogP contribution in [0.2, 0.25) is 0 Å². The molecule has 0 radical (unpaired) electrons. The van der Waals surface area contributed by atoms with Crippen molar-refractivity contribution in [3.05, 3.63) is 12.2 Å². The molecule has 6 heteroatoms. The second-order valence-electron chi connectivity index (χ2n) is 8.40. The molecule has 3 aliphatic carbocycles. The van der Waals surface area contributed by atoms with E-state index in [0.29, 0.717) is 18.1 Å². The van der Waals surface area contributed by atoms with E-state index in [4.69, 9.17) is 14.2 Å². The predicted octanol–water partition coefficient (Wildman–Crippen LogP) is 2.41. The fourth-order valence-electron chi connectivity index (χ4n) is 5.18. The van der Waals surface area contributed by atoms with E-state index in [2.05, 4.69) is 6.58 Å². The van der Waals surface area contributed by atoms with Crippen LogP contribution < -0.4 is 0 Å². The van der Waals surface area contributed by atoms with E-state index >= 15 is 0 Å². The van der Waals surface area contributed by atoms with E-state index in [1.807, 2.05) is 0 Å². The van der Waals surface area contributed by atoms with Crippen LogP contribution in [0.3, 0.4) is 0 Å². The highest BCUT2D eigenvalue weighted by Crippen LogP contribution is 2.55. The Morgan fingerprint density at radius 2 is 1.92 bits per heavy atom. The summed E-state index contributed by atoms with van der Waals surface area (Å²) >= 11 is 0. The van der Waals surface area contributed by atoms with E-state index in [1.54, 1.807) is 6.92 Å². The standard InChI is InChI=1S/C20H26O6/c1-10(2)18(21)24-9-11-3-5-12(6-4-11)19(22)25-16-13-7-14-15(8-13)20(23)26-17(14)16/h11-17H,1,3-9H2,2H3. The van der Waals surface area contributed by atoms with E-state index in [0.717, 1.165) is 38.5 Å². The molecule has 0 spiro atoms. The van der Waals surface area contributed by atoms with Gasteiger partial charge >= 0.3 is 17.9 Å². The first kappa shape index (κ1) is 17.6. The third-order valence-corrected chi connectivity index (χ3v) is 6.64. The average Bonchev–Trinajstić information content (AvgIpc) is 3.25. The van der Waals surface area contributed by atoms with Crippen molar-refractivity contribution in [2.75, 3.05) is 6.61 Å². The summed E-state index contributed by atoms with van der Waals surface area (Å²) in [5.41, 5.74) is 0.406. The smallest absolute Gasteiger partial charge is 0.333 e. The predicted molar refractivity (Wildman–Crippen MR) is 90.7 cm³/mol. The molecule has 0 aromatic carbocycles. The lowest BCUT2D eigenvalue weighted by atomic mass is 9.82. The Kier molecular flexibility index (Phi) is 4.53. The first-order valence-corrected chi connectivity index (χ1v) is 9.67. The molecule has 4 aliphatic rings. The van der Waals surface area contributed by atoms with Gasteiger partial charge in [0.2, 0.25) is 0 Å². The highest BCUT2D eigenvalue weighted by molar-refractivity contribution is 5.86. The molecule has 5 atom stereocenters. The Balaban J connectivity index is 1.24. The molecule has 4 rings (SSSR count). The maximum absolute atomic E-state index is 12.6. The molecule has 5 unspecified atom stereocenters. The van der Waals surface area contributed by atoms with Crippen molar-refractivity contribution in [2.45, 2.75) is 57.7 Å². The first-order valence-electron chi connectivity index (χ1n) is 9.67. The number of fused-ring (bicyclic) bond motifs is 1. The maximum atomic E-state index is 12.6. The molecule has 0 aromatic heterocycles. The second-order valence-corrected chi connectivity index (χ2v) is 8.40. The third kappa shape index (κ3) is 3.03. The Bertz CT molecular complexity index is 632. The first-order chi connectivity index (χ1) is 12.4. The van der Waals surface area contributed by atoms with Crippen LogP contribution in [-0.4, -0.2) is 36.7 Å². The molecule has 0 aromatic rings. The number of carbonyl (C=O) groups is 3. The van der Waals surface area contributed by atoms with Gasteiger partial charge in [-0.25, -0.2) is 4.79 Å². The van der Waals surface area contributed by atoms with Gasteiger partial charge in [-0.1, -0.05) is 6.58 Å². The van der Waals surface area contributed by atoms with Crippen molar-refractivity contribution in [3.8, 4) is 0 Å². The van der Waals surface area contributed by atoms with Gasteiger partial charge < -0.3 is 14.2 Å². The Morgan fingerprint density at radius 3 is 2.62 bits per heavy atom. The van der Waals surface area contributed by atoms with Gasteiger partial charge in [-0.05, 0) is 51.4 Å². The number of ether oxygens (including phenoxy) is 3. The number of esters is 3.